The monoisotopic (exact) mass is 286 g/mol. The van der Waals surface area contributed by atoms with E-state index in [4.69, 9.17) is 0 Å². The maximum atomic E-state index is 10.7. The lowest BCUT2D eigenvalue weighted by Crippen LogP contribution is -2.15. The van der Waals surface area contributed by atoms with Crippen LogP contribution in [0.5, 0.6) is 0 Å². The number of hydrogen-bond donors (Lipinski definition) is 2. The molecule has 0 unspecified atom stereocenters. The normalized spacial score (nSPS) is 20.3. The Morgan fingerprint density at radius 1 is 0.636 bits per heavy atom. The summed E-state index contributed by atoms with van der Waals surface area (Å²) in [5.41, 5.74) is 1.67. The van der Waals surface area contributed by atoms with E-state index in [1.165, 1.54) is 0 Å². The first-order valence-electron chi connectivity index (χ1n) is 7.49. The summed E-state index contributed by atoms with van der Waals surface area (Å²) in [6.07, 6.45) is -1.78. The quantitative estimate of drug-likeness (QED) is 0.375. The highest BCUT2D eigenvalue weighted by molar-refractivity contribution is 6.17. The first kappa shape index (κ1) is 12.2. The van der Waals surface area contributed by atoms with Gasteiger partial charge < -0.3 is 10.2 Å². The summed E-state index contributed by atoms with van der Waals surface area (Å²) in [7, 11) is 0. The predicted octanol–water partition coefficient (Wildman–Crippen LogP) is 4.23. The van der Waals surface area contributed by atoms with Gasteiger partial charge in [-0.05, 0) is 49.5 Å². The Bertz CT molecular complexity index is 1070. The van der Waals surface area contributed by atoms with Crippen molar-refractivity contribution in [3.63, 3.8) is 0 Å². The van der Waals surface area contributed by atoms with Gasteiger partial charge in [-0.25, -0.2) is 0 Å². The average molecular weight is 286 g/mol. The van der Waals surface area contributed by atoms with Gasteiger partial charge in [0, 0.05) is 0 Å². The molecule has 0 radical (unpaired) electrons. The molecule has 4 aromatic carbocycles. The van der Waals surface area contributed by atoms with Gasteiger partial charge in [0.05, 0.1) is 0 Å². The lowest BCUT2D eigenvalue weighted by molar-refractivity contribution is 0.0187. The molecular weight excluding hydrogens is 272 g/mol. The zero-order chi connectivity index (χ0) is 14.8. The number of benzene rings is 4. The van der Waals surface area contributed by atoms with Gasteiger partial charge in [0.2, 0.25) is 0 Å². The van der Waals surface area contributed by atoms with E-state index in [1.807, 2.05) is 30.3 Å². The second-order valence-corrected chi connectivity index (χ2v) is 6.01. The smallest absolute Gasteiger partial charge is 0.110 e. The number of rotatable bonds is 0. The van der Waals surface area contributed by atoms with Crippen LogP contribution >= 0.6 is 0 Å². The molecule has 0 amide bonds. The van der Waals surface area contributed by atoms with Crippen molar-refractivity contribution in [3.05, 3.63) is 71.8 Å². The highest BCUT2D eigenvalue weighted by Gasteiger charge is 2.31. The van der Waals surface area contributed by atoms with Crippen LogP contribution in [0.4, 0.5) is 0 Å². The van der Waals surface area contributed by atoms with Crippen LogP contribution in [0.15, 0.2) is 60.7 Å². The van der Waals surface area contributed by atoms with Gasteiger partial charge >= 0.3 is 0 Å². The molecule has 0 bridgehead atoms. The van der Waals surface area contributed by atoms with Crippen molar-refractivity contribution >= 4 is 32.3 Å². The van der Waals surface area contributed by atoms with Crippen molar-refractivity contribution in [1.29, 1.82) is 0 Å². The fourth-order valence-electron chi connectivity index (χ4n) is 3.89. The van der Waals surface area contributed by atoms with E-state index in [0.29, 0.717) is 0 Å². The summed E-state index contributed by atoms with van der Waals surface area (Å²) in [5.74, 6) is 0. The van der Waals surface area contributed by atoms with E-state index in [0.717, 1.165) is 43.4 Å². The topological polar surface area (TPSA) is 40.5 Å². The van der Waals surface area contributed by atoms with Crippen LogP contribution in [-0.4, -0.2) is 10.2 Å². The van der Waals surface area contributed by atoms with Crippen LogP contribution in [0, 0.1) is 0 Å². The predicted molar refractivity (Wildman–Crippen MR) is 88.9 cm³/mol. The Morgan fingerprint density at radius 3 is 2.32 bits per heavy atom. The number of hydrogen-bond acceptors (Lipinski definition) is 2. The third kappa shape index (κ3) is 1.36. The summed E-state index contributed by atoms with van der Waals surface area (Å²) in [4.78, 5) is 0. The molecule has 2 nitrogen and oxygen atoms in total. The zero-order valence-corrected chi connectivity index (χ0v) is 11.8. The maximum absolute atomic E-state index is 10.7. The molecule has 0 fully saturated rings. The zero-order valence-electron chi connectivity index (χ0n) is 11.8. The van der Waals surface area contributed by atoms with Crippen molar-refractivity contribution in [1.82, 2.24) is 0 Å². The molecule has 1 aliphatic carbocycles. The van der Waals surface area contributed by atoms with E-state index in [1.54, 1.807) is 0 Å². The molecule has 0 aromatic heterocycles. The van der Waals surface area contributed by atoms with Gasteiger partial charge in [0.1, 0.15) is 12.2 Å². The summed E-state index contributed by atoms with van der Waals surface area (Å²) in [6, 6.07) is 20.3. The van der Waals surface area contributed by atoms with Crippen LogP contribution in [0.2, 0.25) is 0 Å². The van der Waals surface area contributed by atoms with Crippen molar-refractivity contribution in [2.24, 2.45) is 0 Å². The molecule has 0 spiro atoms. The molecule has 0 heterocycles. The SMILES string of the molecule is O[C@@H]1c2cccc3ccc4cc5ccccc5c(c4c23)[C@H]1O. The minimum absolute atomic E-state index is 0.818. The molecular formula is C20H14O2. The highest BCUT2D eigenvalue weighted by atomic mass is 16.3. The lowest BCUT2D eigenvalue weighted by atomic mass is 9.80. The molecule has 2 heteroatoms. The van der Waals surface area contributed by atoms with Gasteiger partial charge in [-0.3, -0.25) is 0 Å². The minimum atomic E-state index is -0.894. The van der Waals surface area contributed by atoms with Crippen molar-refractivity contribution < 1.29 is 10.2 Å². The number of aliphatic hydroxyl groups excluding tert-OH is 2. The molecule has 22 heavy (non-hydrogen) atoms. The van der Waals surface area contributed by atoms with Gasteiger partial charge in [0.15, 0.2) is 0 Å². The molecule has 5 rings (SSSR count). The van der Waals surface area contributed by atoms with Gasteiger partial charge in [-0.15, -0.1) is 0 Å². The van der Waals surface area contributed by atoms with Crippen molar-refractivity contribution in [2.45, 2.75) is 12.2 Å². The molecule has 106 valence electrons. The Balaban J connectivity index is 2.17. The number of fused-ring (bicyclic) bond motifs is 2. The Hall–Kier alpha value is -2.42. The van der Waals surface area contributed by atoms with Gasteiger partial charge in [-0.2, -0.15) is 0 Å². The molecule has 0 saturated carbocycles. The van der Waals surface area contributed by atoms with Crippen LogP contribution in [0.25, 0.3) is 32.3 Å². The van der Waals surface area contributed by atoms with E-state index in [9.17, 15) is 10.2 Å². The third-order valence-electron chi connectivity index (χ3n) is 4.85. The van der Waals surface area contributed by atoms with E-state index < -0.39 is 12.2 Å². The fraction of sp³-hybridized carbons (Fsp3) is 0.100. The largest absolute Gasteiger partial charge is 0.385 e. The van der Waals surface area contributed by atoms with Crippen LogP contribution in [0.1, 0.15) is 23.3 Å². The summed E-state index contributed by atoms with van der Waals surface area (Å²) >= 11 is 0. The molecule has 0 saturated heterocycles. The third-order valence-corrected chi connectivity index (χ3v) is 4.85. The van der Waals surface area contributed by atoms with Crippen molar-refractivity contribution in [2.75, 3.05) is 0 Å². The van der Waals surface area contributed by atoms with Crippen LogP contribution < -0.4 is 0 Å². The number of aliphatic hydroxyl groups is 2. The summed E-state index contributed by atoms with van der Waals surface area (Å²) in [5, 5.41) is 27.8. The minimum Gasteiger partial charge on any atom is -0.385 e. The van der Waals surface area contributed by atoms with E-state index in [-0.39, 0.29) is 0 Å². The Morgan fingerprint density at radius 2 is 1.41 bits per heavy atom. The molecule has 2 N–H and O–H groups in total. The summed E-state index contributed by atoms with van der Waals surface area (Å²) in [6.45, 7) is 0. The first-order valence-corrected chi connectivity index (χ1v) is 7.49. The lowest BCUT2D eigenvalue weighted by Gasteiger charge is -2.29. The van der Waals surface area contributed by atoms with E-state index >= 15 is 0 Å². The van der Waals surface area contributed by atoms with Gasteiger partial charge in [-0.1, -0.05) is 54.6 Å². The average Bonchev–Trinajstić information content (AvgIpc) is 2.56. The molecule has 0 aliphatic heterocycles. The second-order valence-electron chi connectivity index (χ2n) is 6.01. The highest BCUT2D eigenvalue weighted by Crippen LogP contribution is 2.47. The Labute approximate surface area is 127 Å². The van der Waals surface area contributed by atoms with Gasteiger partial charge in [0.25, 0.3) is 0 Å². The maximum Gasteiger partial charge on any atom is 0.110 e. The second kappa shape index (κ2) is 4.07. The van der Waals surface area contributed by atoms with E-state index in [2.05, 4.69) is 30.3 Å². The fourth-order valence-corrected chi connectivity index (χ4v) is 3.89. The summed E-state index contributed by atoms with van der Waals surface area (Å²) < 4.78 is 0. The first-order chi connectivity index (χ1) is 10.8. The van der Waals surface area contributed by atoms with Crippen LogP contribution in [0.3, 0.4) is 0 Å². The molecule has 2 atom stereocenters. The molecule has 1 aliphatic rings. The Kier molecular flexibility index (Phi) is 2.25. The van der Waals surface area contributed by atoms with Crippen molar-refractivity contribution in [3.8, 4) is 0 Å². The molecule has 4 aromatic rings. The van der Waals surface area contributed by atoms with Crippen LogP contribution in [-0.2, 0) is 0 Å². The standard InChI is InChI=1S/C20H14O2/c21-19-15-7-3-5-11-8-9-13-10-12-4-1-2-6-14(12)18(20(19)22)17(13)16(11)15/h1-10,19-22H/t19-,20-/m1/s1.